The van der Waals surface area contributed by atoms with Crippen LogP contribution in [0.2, 0.25) is 0 Å². The quantitative estimate of drug-likeness (QED) is 0.791. The molecule has 3 fully saturated rings. The van der Waals surface area contributed by atoms with Gasteiger partial charge in [0.2, 0.25) is 11.8 Å². The minimum atomic E-state index is -0.140. The van der Waals surface area contributed by atoms with Crippen molar-refractivity contribution in [2.45, 2.75) is 70.4 Å². The first-order valence-corrected chi connectivity index (χ1v) is 11.9. The van der Waals surface area contributed by atoms with E-state index in [0.717, 1.165) is 69.0 Å². The number of amides is 3. The summed E-state index contributed by atoms with van der Waals surface area (Å²) in [4.78, 5) is 42.6. The maximum absolute atomic E-state index is 13.4. The molecule has 1 aromatic heterocycles. The van der Waals surface area contributed by atoms with Crippen molar-refractivity contribution < 1.29 is 14.4 Å². The Morgan fingerprint density at radius 2 is 1.68 bits per heavy atom. The number of carbonyl (C=O) groups is 3. The molecule has 3 amide bonds. The average molecular weight is 428 g/mol. The molecule has 1 atom stereocenters. The highest BCUT2D eigenvalue weighted by Crippen LogP contribution is 2.30. The lowest BCUT2D eigenvalue weighted by molar-refractivity contribution is -0.136. The number of carbonyl (C=O) groups excluding carboxylic acids is 3. The van der Waals surface area contributed by atoms with Crippen LogP contribution < -0.4 is 5.32 Å². The lowest BCUT2D eigenvalue weighted by Gasteiger charge is -2.33. The van der Waals surface area contributed by atoms with Crippen LogP contribution >= 0.6 is 0 Å². The number of rotatable bonds is 4. The average Bonchev–Trinajstić information content (AvgIpc) is 3.31. The van der Waals surface area contributed by atoms with Crippen molar-refractivity contribution in [2.75, 3.05) is 19.6 Å². The molecule has 2 aliphatic carbocycles. The van der Waals surface area contributed by atoms with E-state index in [-0.39, 0.29) is 29.6 Å². The van der Waals surface area contributed by atoms with Gasteiger partial charge >= 0.3 is 0 Å². The maximum atomic E-state index is 13.4. The molecule has 1 aromatic rings. The van der Waals surface area contributed by atoms with E-state index in [1.807, 2.05) is 11.9 Å². The summed E-state index contributed by atoms with van der Waals surface area (Å²) in [5, 5.41) is 7.65. The minimum Gasteiger partial charge on any atom is -0.353 e. The van der Waals surface area contributed by atoms with Crippen LogP contribution in [0.4, 0.5) is 0 Å². The second-order valence-electron chi connectivity index (χ2n) is 9.76. The van der Waals surface area contributed by atoms with Crippen molar-refractivity contribution in [3.05, 3.63) is 17.0 Å². The number of piperidine rings is 1. The van der Waals surface area contributed by atoms with Crippen LogP contribution in [0.25, 0.3) is 0 Å². The number of hydrogen-bond donors (Lipinski definition) is 1. The molecule has 8 heteroatoms. The van der Waals surface area contributed by atoms with Crippen molar-refractivity contribution in [2.24, 2.45) is 18.9 Å². The van der Waals surface area contributed by atoms with Gasteiger partial charge in [0.15, 0.2) is 5.69 Å². The van der Waals surface area contributed by atoms with E-state index in [4.69, 9.17) is 0 Å². The molecule has 0 spiro atoms. The molecule has 1 saturated heterocycles. The van der Waals surface area contributed by atoms with Crippen molar-refractivity contribution in [1.82, 2.24) is 24.9 Å². The smallest absolute Gasteiger partial charge is 0.274 e. The first-order valence-electron chi connectivity index (χ1n) is 11.9. The van der Waals surface area contributed by atoms with Crippen molar-refractivity contribution in [3.63, 3.8) is 0 Å². The highest BCUT2D eigenvalue weighted by molar-refractivity contribution is 5.95. The van der Waals surface area contributed by atoms with E-state index in [9.17, 15) is 14.4 Å². The van der Waals surface area contributed by atoms with E-state index < -0.39 is 0 Å². The third-order valence-corrected chi connectivity index (χ3v) is 7.46. The summed E-state index contributed by atoms with van der Waals surface area (Å²) >= 11 is 0. The zero-order valence-electron chi connectivity index (χ0n) is 18.4. The fraction of sp³-hybridized carbons (Fsp3) is 0.739. The highest BCUT2D eigenvalue weighted by Gasteiger charge is 2.36. The maximum Gasteiger partial charge on any atom is 0.274 e. The van der Waals surface area contributed by atoms with Gasteiger partial charge in [-0.2, -0.15) is 5.10 Å². The number of nitrogens with zero attached hydrogens (tertiary/aromatic N) is 4. The molecule has 5 rings (SSSR count). The normalized spacial score (nSPS) is 24.2. The van der Waals surface area contributed by atoms with E-state index in [1.165, 1.54) is 0 Å². The summed E-state index contributed by atoms with van der Waals surface area (Å²) in [5.41, 5.74) is 2.41. The Morgan fingerprint density at radius 3 is 2.42 bits per heavy atom. The number of likely N-dealkylation sites (tertiary alicyclic amines) is 1. The summed E-state index contributed by atoms with van der Waals surface area (Å²) in [5.74, 6) is 0.219. The Balaban J connectivity index is 1.31. The summed E-state index contributed by atoms with van der Waals surface area (Å²) in [6.45, 7) is 2.27. The fourth-order valence-corrected chi connectivity index (χ4v) is 5.46. The number of aromatic nitrogens is 2. The standard InChI is InChI=1S/C23H33N5O3/c1-26-19-10-12-28(22(30)15-5-2-3-6-15)14-18(19)20(25-26)23(31)27-11-4-7-16(13-27)21(29)24-17-8-9-17/h15-17H,2-14H2,1H3,(H,24,29)/t16-/m0/s1. The predicted molar refractivity (Wildman–Crippen MR) is 114 cm³/mol. The lowest BCUT2D eigenvalue weighted by atomic mass is 9.96. The van der Waals surface area contributed by atoms with Crippen LogP contribution in [0.15, 0.2) is 0 Å². The van der Waals surface area contributed by atoms with E-state index in [0.29, 0.717) is 37.9 Å². The Labute approximate surface area is 183 Å². The third kappa shape index (κ3) is 4.08. The molecule has 2 saturated carbocycles. The molecule has 1 N–H and O–H groups in total. The summed E-state index contributed by atoms with van der Waals surface area (Å²) in [6, 6.07) is 0.338. The Hall–Kier alpha value is -2.38. The second-order valence-corrected chi connectivity index (χ2v) is 9.76. The first kappa shape index (κ1) is 20.5. The van der Waals surface area contributed by atoms with Crippen LogP contribution in [0, 0.1) is 11.8 Å². The number of aryl methyl sites for hydroxylation is 1. The van der Waals surface area contributed by atoms with Gasteiger partial charge in [0.05, 0.1) is 5.92 Å². The lowest BCUT2D eigenvalue weighted by Crippen LogP contribution is -2.46. The predicted octanol–water partition coefficient (Wildman–Crippen LogP) is 1.63. The number of hydrogen-bond acceptors (Lipinski definition) is 4. The zero-order valence-corrected chi connectivity index (χ0v) is 18.4. The Bertz CT molecular complexity index is 884. The topological polar surface area (TPSA) is 87.5 Å². The van der Waals surface area contributed by atoms with Crippen LogP contribution in [0.1, 0.15) is 73.1 Å². The monoisotopic (exact) mass is 427 g/mol. The third-order valence-electron chi connectivity index (χ3n) is 7.46. The van der Waals surface area contributed by atoms with Crippen molar-refractivity contribution in [1.29, 1.82) is 0 Å². The van der Waals surface area contributed by atoms with Gasteiger partial charge in [-0.05, 0) is 38.5 Å². The molecule has 0 aromatic carbocycles. The molecule has 0 unspecified atom stereocenters. The molecule has 0 radical (unpaired) electrons. The van der Waals surface area contributed by atoms with Gasteiger partial charge in [-0.15, -0.1) is 0 Å². The van der Waals surface area contributed by atoms with Gasteiger partial charge in [-0.3, -0.25) is 19.1 Å². The molecule has 0 bridgehead atoms. The number of nitrogens with one attached hydrogen (secondary N) is 1. The summed E-state index contributed by atoms with van der Waals surface area (Å²) in [6.07, 6.45) is 8.76. The van der Waals surface area contributed by atoms with Gasteiger partial charge in [-0.1, -0.05) is 12.8 Å². The Kier molecular flexibility index (Phi) is 5.48. The minimum absolute atomic E-state index is 0.0800. The Morgan fingerprint density at radius 1 is 0.935 bits per heavy atom. The van der Waals surface area contributed by atoms with Crippen molar-refractivity contribution in [3.8, 4) is 0 Å². The van der Waals surface area contributed by atoms with Crippen LogP contribution in [-0.4, -0.2) is 63.0 Å². The fourth-order valence-electron chi connectivity index (χ4n) is 5.46. The van der Waals surface area contributed by atoms with Gasteiger partial charge in [0.1, 0.15) is 0 Å². The molecular formula is C23H33N5O3. The van der Waals surface area contributed by atoms with Gasteiger partial charge < -0.3 is 15.1 Å². The molecule has 8 nitrogen and oxygen atoms in total. The molecule has 168 valence electrons. The second kappa shape index (κ2) is 8.28. The van der Waals surface area contributed by atoms with Crippen molar-refractivity contribution >= 4 is 17.7 Å². The van der Waals surface area contributed by atoms with Crippen LogP contribution in [0.5, 0.6) is 0 Å². The molecule has 3 heterocycles. The van der Waals surface area contributed by atoms with Crippen LogP contribution in [0.3, 0.4) is 0 Å². The molecule has 4 aliphatic rings. The van der Waals surface area contributed by atoms with Crippen LogP contribution in [-0.2, 0) is 29.6 Å². The van der Waals surface area contributed by atoms with Gasteiger partial charge in [0, 0.05) is 62.9 Å². The molecule has 2 aliphatic heterocycles. The van der Waals surface area contributed by atoms with Gasteiger partial charge in [-0.25, -0.2) is 0 Å². The highest BCUT2D eigenvalue weighted by atomic mass is 16.2. The molecule has 31 heavy (non-hydrogen) atoms. The SMILES string of the molecule is Cn1nc(C(=O)N2CCC[C@H](C(=O)NC3CC3)C2)c2c1CCN(C(=O)C1CCCC1)C2. The van der Waals surface area contributed by atoms with E-state index >= 15 is 0 Å². The summed E-state index contributed by atoms with van der Waals surface area (Å²) < 4.78 is 1.81. The molecular weight excluding hydrogens is 394 g/mol. The first-order chi connectivity index (χ1) is 15.0. The summed E-state index contributed by atoms with van der Waals surface area (Å²) in [7, 11) is 1.88. The van der Waals surface area contributed by atoms with Gasteiger partial charge in [0.25, 0.3) is 5.91 Å². The van der Waals surface area contributed by atoms with E-state index in [2.05, 4.69) is 10.4 Å². The van der Waals surface area contributed by atoms with E-state index in [1.54, 1.807) is 9.58 Å². The number of fused-ring (bicyclic) bond motifs is 1. The zero-order chi connectivity index (χ0) is 21.5. The largest absolute Gasteiger partial charge is 0.353 e.